The smallest absolute Gasteiger partial charge is 0.330 e. The van der Waals surface area contributed by atoms with Crippen LogP contribution in [-0.2, 0) is 20.0 Å². The van der Waals surface area contributed by atoms with Gasteiger partial charge < -0.3 is 14.4 Å². The van der Waals surface area contributed by atoms with E-state index in [1.807, 2.05) is 31.7 Å². The molecule has 5 heteroatoms. The fraction of sp³-hybridized carbons (Fsp3) is 0.367. The predicted octanol–water partition coefficient (Wildman–Crippen LogP) is 7.42. The molecule has 0 atom stereocenters. The third-order valence-electron chi connectivity index (χ3n) is 4.80. The summed E-state index contributed by atoms with van der Waals surface area (Å²) >= 11 is 1.82. The molecule has 0 fully saturated rings. The molecule has 2 rings (SSSR count). The van der Waals surface area contributed by atoms with Crippen LogP contribution in [-0.4, -0.2) is 37.6 Å². The van der Waals surface area contributed by atoms with E-state index in [-0.39, 0.29) is 6.61 Å². The van der Waals surface area contributed by atoms with Gasteiger partial charge in [-0.15, -0.1) is 0 Å². The molecular formula is C30H41NO3S. The molecule has 1 aliphatic carbocycles. The van der Waals surface area contributed by atoms with E-state index in [9.17, 15) is 4.79 Å². The standard InChI is InChI=1S/C28H35NO3S.C2H6/c1-5-11-26(20-24-12-8-7-9-13-24)29(23(3)4)27-15-10-14-25(21-27)22-33-19-18-31-16-17-32-28(30)6-2;1-2/h5-12,14-15,20-21,23H,1-2,13,16-19,22H2,3-4H3;1-2H3/b24-20-,26-11+;. The van der Waals surface area contributed by atoms with Gasteiger partial charge in [-0.1, -0.05) is 69.5 Å². The van der Waals surface area contributed by atoms with Crippen molar-refractivity contribution < 1.29 is 14.3 Å². The van der Waals surface area contributed by atoms with E-state index >= 15 is 0 Å². The molecule has 0 amide bonds. The maximum absolute atomic E-state index is 11.0. The second-order valence-corrected chi connectivity index (χ2v) is 8.81. The molecule has 0 aliphatic heterocycles. The number of rotatable bonds is 14. The Labute approximate surface area is 216 Å². The lowest BCUT2D eigenvalue weighted by Gasteiger charge is -2.31. The number of thioether (sulfide) groups is 1. The molecule has 0 spiro atoms. The van der Waals surface area contributed by atoms with Crippen LogP contribution < -0.4 is 4.90 Å². The highest BCUT2D eigenvalue weighted by Crippen LogP contribution is 2.27. The van der Waals surface area contributed by atoms with Crippen molar-refractivity contribution in [2.75, 3.05) is 30.5 Å². The van der Waals surface area contributed by atoms with Crippen LogP contribution in [0.1, 0.15) is 39.7 Å². The molecular weight excluding hydrogens is 454 g/mol. The SMILES string of the molecule is C=C/C=C(\C=C1\C=CC=CC1)N(c1cccc(CSCCOCCOC(=O)C=C)c1)C(C)C.CC. The Hall–Kier alpha value is -2.76. The monoisotopic (exact) mass is 495 g/mol. The molecule has 1 aromatic rings. The van der Waals surface area contributed by atoms with Gasteiger partial charge in [0.25, 0.3) is 0 Å². The number of hydrogen-bond donors (Lipinski definition) is 0. The highest BCUT2D eigenvalue weighted by atomic mass is 32.2. The number of benzene rings is 1. The van der Waals surface area contributed by atoms with Crippen molar-refractivity contribution >= 4 is 23.4 Å². The second kappa shape index (κ2) is 18.6. The largest absolute Gasteiger partial charge is 0.460 e. The van der Waals surface area contributed by atoms with Gasteiger partial charge in [0.2, 0.25) is 0 Å². The van der Waals surface area contributed by atoms with Crippen molar-refractivity contribution in [2.24, 2.45) is 0 Å². The van der Waals surface area contributed by atoms with E-state index in [1.165, 1.54) is 16.8 Å². The average Bonchev–Trinajstić information content (AvgIpc) is 2.87. The number of esters is 1. The summed E-state index contributed by atoms with van der Waals surface area (Å²) in [6.07, 6.45) is 16.8. The first-order valence-corrected chi connectivity index (χ1v) is 13.4. The van der Waals surface area contributed by atoms with Gasteiger partial charge in [0.05, 0.1) is 13.2 Å². The number of anilines is 1. The average molecular weight is 496 g/mol. The zero-order valence-corrected chi connectivity index (χ0v) is 22.6. The van der Waals surface area contributed by atoms with Crippen LogP contribution in [0.15, 0.2) is 97.3 Å². The molecule has 0 saturated heterocycles. The molecule has 0 N–H and O–H groups in total. The minimum absolute atomic E-state index is 0.255. The number of hydrogen-bond acceptors (Lipinski definition) is 5. The summed E-state index contributed by atoms with van der Waals surface area (Å²) in [4.78, 5) is 13.3. The zero-order valence-electron chi connectivity index (χ0n) is 21.7. The van der Waals surface area contributed by atoms with Crippen molar-refractivity contribution in [3.8, 4) is 0 Å². The number of carbonyl (C=O) groups is 1. The molecule has 190 valence electrons. The van der Waals surface area contributed by atoms with Gasteiger partial charge in [0.1, 0.15) is 6.61 Å². The Kier molecular flexibility index (Phi) is 16.0. The van der Waals surface area contributed by atoms with Crippen LogP contribution in [0.25, 0.3) is 0 Å². The minimum atomic E-state index is -0.419. The normalized spacial score (nSPS) is 13.9. The molecule has 4 nitrogen and oxygen atoms in total. The van der Waals surface area contributed by atoms with Crippen molar-refractivity contribution in [1.29, 1.82) is 0 Å². The summed E-state index contributed by atoms with van der Waals surface area (Å²) in [5.74, 6) is 1.36. The Morgan fingerprint density at radius 3 is 2.63 bits per heavy atom. The van der Waals surface area contributed by atoms with E-state index in [2.05, 4.69) is 92.6 Å². The van der Waals surface area contributed by atoms with E-state index in [1.54, 1.807) is 0 Å². The van der Waals surface area contributed by atoms with Gasteiger partial charge in [-0.2, -0.15) is 11.8 Å². The lowest BCUT2D eigenvalue weighted by Crippen LogP contribution is -2.29. The maximum Gasteiger partial charge on any atom is 0.330 e. The molecule has 0 unspecified atom stereocenters. The lowest BCUT2D eigenvalue weighted by molar-refractivity contribution is -0.139. The van der Waals surface area contributed by atoms with Crippen LogP contribution in [0, 0.1) is 0 Å². The number of allylic oxidation sites excluding steroid dienone is 8. The van der Waals surface area contributed by atoms with Crippen molar-refractivity contribution in [3.05, 3.63) is 103 Å². The van der Waals surface area contributed by atoms with Crippen LogP contribution in [0.5, 0.6) is 0 Å². The van der Waals surface area contributed by atoms with E-state index < -0.39 is 5.97 Å². The zero-order chi connectivity index (χ0) is 25.9. The molecule has 35 heavy (non-hydrogen) atoms. The highest BCUT2D eigenvalue weighted by molar-refractivity contribution is 7.98. The van der Waals surface area contributed by atoms with Gasteiger partial charge in [-0.25, -0.2) is 4.79 Å². The highest BCUT2D eigenvalue weighted by Gasteiger charge is 2.15. The third-order valence-corrected chi connectivity index (χ3v) is 5.79. The van der Waals surface area contributed by atoms with Gasteiger partial charge in [0, 0.05) is 35.0 Å². The first-order valence-electron chi connectivity index (χ1n) is 12.2. The van der Waals surface area contributed by atoms with Crippen LogP contribution >= 0.6 is 11.8 Å². The van der Waals surface area contributed by atoms with Gasteiger partial charge in [0.15, 0.2) is 0 Å². The molecule has 1 aromatic carbocycles. The summed E-state index contributed by atoms with van der Waals surface area (Å²) in [5, 5.41) is 0. The lowest BCUT2D eigenvalue weighted by atomic mass is 10.0. The molecule has 0 heterocycles. The molecule has 0 radical (unpaired) electrons. The van der Waals surface area contributed by atoms with Gasteiger partial charge in [-0.3, -0.25) is 0 Å². The van der Waals surface area contributed by atoms with Crippen molar-refractivity contribution in [2.45, 2.75) is 45.9 Å². The number of ether oxygens (including phenoxy) is 2. The molecule has 0 aromatic heterocycles. The summed E-state index contributed by atoms with van der Waals surface area (Å²) < 4.78 is 10.4. The van der Waals surface area contributed by atoms with E-state index in [0.717, 1.165) is 29.7 Å². The Balaban J connectivity index is 0.00000298. The van der Waals surface area contributed by atoms with E-state index in [0.29, 0.717) is 19.3 Å². The molecule has 1 aliphatic rings. The summed E-state index contributed by atoms with van der Waals surface area (Å²) in [6.45, 7) is 17.0. The second-order valence-electron chi connectivity index (χ2n) is 7.71. The fourth-order valence-electron chi connectivity index (χ4n) is 3.36. The Bertz CT molecular complexity index is 912. The first-order chi connectivity index (χ1) is 17.0. The minimum Gasteiger partial charge on any atom is -0.460 e. The van der Waals surface area contributed by atoms with Gasteiger partial charge >= 0.3 is 5.97 Å². The molecule has 0 bridgehead atoms. The van der Waals surface area contributed by atoms with Crippen molar-refractivity contribution in [3.63, 3.8) is 0 Å². The predicted molar refractivity (Wildman–Crippen MR) is 153 cm³/mol. The molecule has 0 saturated carbocycles. The topological polar surface area (TPSA) is 38.8 Å². The first kappa shape index (κ1) is 30.3. The summed E-state index contributed by atoms with van der Waals surface area (Å²) in [7, 11) is 0. The Morgan fingerprint density at radius 1 is 1.17 bits per heavy atom. The van der Waals surface area contributed by atoms with Crippen LogP contribution in [0.4, 0.5) is 5.69 Å². The summed E-state index contributed by atoms with van der Waals surface area (Å²) in [6, 6.07) is 8.99. The van der Waals surface area contributed by atoms with Gasteiger partial charge in [-0.05, 0) is 55.7 Å². The Morgan fingerprint density at radius 2 is 1.97 bits per heavy atom. The van der Waals surface area contributed by atoms with E-state index in [4.69, 9.17) is 9.47 Å². The maximum atomic E-state index is 11.0. The number of nitrogens with zero attached hydrogens (tertiary/aromatic N) is 1. The van der Waals surface area contributed by atoms with Crippen LogP contribution in [0.2, 0.25) is 0 Å². The number of carbonyl (C=O) groups excluding carboxylic acids is 1. The summed E-state index contributed by atoms with van der Waals surface area (Å²) in [5.41, 5.74) is 4.85. The van der Waals surface area contributed by atoms with Crippen LogP contribution in [0.3, 0.4) is 0 Å². The fourth-order valence-corrected chi connectivity index (χ4v) is 4.15. The van der Waals surface area contributed by atoms with Crippen molar-refractivity contribution in [1.82, 2.24) is 0 Å². The quantitative estimate of drug-likeness (QED) is 0.116. The third kappa shape index (κ3) is 12.0.